The summed E-state index contributed by atoms with van der Waals surface area (Å²) < 4.78 is 12.4. The average molecular weight is 411 g/mol. The summed E-state index contributed by atoms with van der Waals surface area (Å²) in [6.07, 6.45) is 1.65. The van der Waals surface area contributed by atoms with Crippen LogP contribution >= 0.6 is 11.3 Å². The molecule has 0 aromatic carbocycles. The fourth-order valence-corrected chi connectivity index (χ4v) is 3.57. The Balaban J connectivity index is 1.68. The molecule has 0 unspecified atom stereocenters. The Labute approximate surface area is 171 Å². The number of carbonyl (C=O) groups excluding carboxylic acids is 1. The van der Waals surface area contributed by atoms with Crippen molar-refractivity contribution < 1.29 is 14.1 Å². The first-order valence-electron chi connectivity index (χ1n) is 9.35. The van der Waals surface area contributed by atoms with Crippen LogP contribution in [0.5, 0.6) is 0 Å². The van der Waals surface area contributed by atoms with Gasteiger partial charge < -0.3 is 9.26 Å². The maximum absolute atomic E-state index is 12.9. The number of pyridine rings is 1. The Hall–Kier alpha value is -3.07. The van der Waals surface area contributed by atoms with Crippen LogP contribution in [0.1, 0.15) is 61.7 Å². The number of ether oxygens (including phenoxy) is 1. The van der Waals surface area contributed by atoms with E-state index >= 15 is 0 Å². The molecule has 4 rings (SSSR count). The molecule has 0 aliphatic rings. The van der Waals surface area contributed by atoms with Crippen molar-refractivity contribution in [3.05, 3.63) is 47.1 Å². The van der Waals surface area contributed by atoms with Crippen molar-refractivity contribution in [2.45, 2.75) is 46.3 Å². The molecule has 9 heteroatoms. The lowest BCUT2D eigenvalue weighted by Gasteiger charge is -2.09. The van der Waals surface area contributed by atoms with Crippen LogP contribution < -0.4 is 0 Å². The minimum Gasteiger partial charge on any atom is -0.452 e. The number of hydrogen-bond acceptors (Lipinski definition) is 8. The zero-order valence-electron chi connectivity index (χ0n) is 16.6. The normalized spacial score (nSPS) is 11.7. The van der Waals surface area contributed by atoms with Crippen LogP contribution in [0.25, 0.3) is 21.6 Å². The maximum atomic E-state index is 12.9. The number of fused-ring (bicyclic) bond motifs is 1. The highest BCUT2D eigenvalue weighted by molar-refractivity contribution is 7.13. The number of thiophene rings is 1. The topological polar surface area (TPSA) is 95.9 Å². The van der Waals surface area contributed by atoms with Crippen LogP contribution in [0.3, 0.4) is 0 Å². The smallest absolute Gasteiger partial charge is 0.339 e. The highest BCUT2D eigenvalue weighted by atomic mass is 32.1. The summed E-state index contributed by atoms with van der Waals surface area (Å²) in [4.78, 5) is 22.9. The zero-order chi connectivity index (χ0) is 20.5. The minimum absolute atomic E-state index is 0.0883. The van der Waals surface area contributed by atoms with Gasteiger partial charge in [-0.05, 0) is 31.4 Å². The van der Waals surface area contributed by atoms with Crippen LogP contribution in [0.2, 0.25) is 0 Å². The number of hydrogen-bond donors (Lipinski definition) is 0. The van der Waals surface area contributed by atoms with E-state index < -0.39 is 5.97 Å². The van der Waals surface area contributed by atoms with Crippen LogP contribution in [-0.4, -0.2) is 30.9 Å². The largest absolute Gasteiger partial charge is 0.452 e. The summed E-state index contributed by atoms with van der Waals surface area (Å²) in [6.45, 7) is 7.88. The fourth-order valence-electron chi connectivity index (χ4n) is 2.88. The van der Waals surface area contributed by atoms with Crippen molar-refractivity contribution in [2.24, 2.45) is 0 Å². The summed E-state index contributed by atoms with van der Waals surface area (Å²) in [5.74, 6) is 0.505. The summed E-state index contributed by atoms with van der Waals surface area (Å²) in [7, 11) is 0. The van der Waals surface area contributed by atoms with Gasteiger partial charge in [0.15, 0.2) is 18.1 Å². The predicted molar refractivity (Wildman–Crippen MR) is 109 cm³/mol. The molecule has 150 valence electrons. The van der Waals surface area contributed by atoms with E-state index in [-0.39, 0.29) is 24.5 Å². The summed E-state index contributed by atoms with van der Waals surface area (Å²) >= 11 is 1.56. The molecule has 0 aliphatic carbocycles. The Kier molecular flexibility index (Phi) is 5.14. The molecule has 4 aromatic heterocycles. The Bertz CT molecular complexity index is 1140. The van der Waals surface area contributed by atoms with E-state index in [2.05, 4.69) is 15.2 Å². The van der Waals surface area contributed by atoms with E-state index in [1.54, 1.807) is 28.3 Å². The lowest BCUT2D eigenvalue weighted by atomic mass is 10.1. The van der Waals surface area contributed by atoms with E-state index in [9.17, 15) is 4.79 Å². The van der Waals surface area contributed by atoms with E-state index in [1.165, 1.54) is 0 Å². The molecule has 0 radical (unpaired) electrons. The molecule has 4 aromatic rings. The quantitative estimate of drug-likeness (QED) is 0.428. The van der Waals surface area contributed by atoms with E-state index in [0.717, 1.165) is 4.88 Å². The summed E-state index contributed by atoms with van der Waals surface area (Å²) in [6, 6.07) is 5.77. The van der Waals surface area contributed by atoms with Crippen molar-refractivity contribution in [2.75, 3.05) is 0 Å². The van der Waals surface area contributed by atoms with Crippen molar-refractivity contribution in [1.29, 1.82) is 0 Å². The second kappa shape index (κ2) is 7.75. The van der Waals surface area contributed by atoms with Crippen molar-refractivity contribution in [1.82, 2.24) is 24.9 Å². The van der Waals surface area contributed by atoms with Gasteiger partial charge in [-0.1, -0.05) is 25.1 Å². The Morgan fingerprint density at radius 1 is 1.28 bits per heavy atom. The predicted octanol–water partition coefficient (Wildman–Crippen LogP) is 4.60. The van der Waals surface area contributed by atoms with Gasteiger partial charge in [0.05, 0.1) is 27.7 Å². The molecule has 0 spiro atoms. The maximum Gasteiger partial charge on any atom is 0.339 e. The molecule has 0 atom stereocenters. The van der Waals surface area contributed by atoms with Gasteiger partial charge in [-0.2, -0.15) is 10.1 Å². The van der Waals surface area contributed by atoms with Gasteiger partial charge in [-0.25, -0.2) is 14.5 Å². The molecule has 0 bridgehead atoms. The van der Waals surface area contributed by atoms with Crippen molar-refractivity contribution in [3.63, 3.8) is 0 Å². The van der Waals surface area contributed by atoms with Gasteiger partial charge in [-0.3, -0.25) is 0 Å². The summed E-state index contributed by atoms with van der Waals surface area (Å²) in [5.41, 5.74) is 1.77. The molecule has 0 amide bonds. The van der Waals surface area contributed by atoms with Gasteiger partial charge >= 0.3 is 5.97 Å². The fraction of sp³-hybridized carbons (Fsp3) is 0.350. The molecule has 0 aliphatic heterocycles. The number of carbonyl (C=O) groups is 1. The molecule has 8 nitrogen and oxygen atoms in total. The highest BCUT2D eigenvalue weighted by Gasteiger charge is 2.21. The van der Waals surface area contributed by atoms with Crippen LogP contribution in [0.4, 0.5) is 0 Å². The molecule has 0 saturated carbocycles. The first kappa shape index (κ1) is 19.3. The van der Waals surface area contributed by atoms with Gasteiger partial charge in [0.25, 0.3) is 5.89 Å². The number of rotatable bonds is 6. The van der Waals surface area contributed by atoms with Gasteiger partial charge in [0, 0.05) is 12.0 Å². The molecule has 4 heterocycles. The van der Waals surface area contributed by atoms with Gasteiger partial charge in [-0.15, -0.1) is 11.3 Å². The lowest BCUT2D eigenvalue weighted by Crippen LogP contribution is -2.08. The van der Waals surface area contributed by atoms with Crippen LogP contribution in [0, 0.1) is 0 Å². The van der Waals surface area contributed by atoms with Crippen LogP contribution in [-0.2, 0) is 11.3 Å². The van der Waals surface area contributed by atoms with E-state index in [1.807, 2.05) is 45.2 Å². The summed E-state index contributed by atoms with van der Waals surface area (Å²) in [5, 5.41) is 10.9. The SMILES string of the molecule is CC(C)c1noc(COC(=O)c2cc(-c3cccs3)nc3c2cnn3C(C)C)n1. The molecule has 0 saturated heterocycles. The minimum atomic E-state index is -0.484. The van der Waals surface area contributed by atoms with Crippen molar-refractivity contribution >= 4 is 28.3 Å². The third-order valence-electron chi connectivity index (χ3n) is 4.38. The zero-order valence-corrected chi connectivity index (χ0v) is 17.4. The monoisotopic (exact) mass is 411 g/mol. The lowest BCUT2D eigenvalue weighted by molar-refractivity contribution is 0.0432. The first-order valence-corrected chi connectivity index (χ1v) is 10.2. The Morgan fingerprint density at radius 3 is 2.76 bits per heavy atom. The van der Waals surface area contributed by atoms with Crippen molar-refractivity contribution in [3.8, 4) is 10.6 Å². The standard InChI is InChI=1S/C20H21N5O3S/c1-11(2)18-23-17(28-24-18)10-27-20(26)13-8-15(16-6-5-7-29-16)22-19-14(13)9-21-25(19)12(3)4/h5-9,11-12H,10H2,1-4H3. The Morgan fingerprint density at radius 2 is 2.10 bits per heavy atom. The van der Waals surface area contributed by atoms with Crippen LogP contribution in [0.15, 0.2) is 34.3 Å². The third-order valence-corrected chi connectivity index (χ3v) is 5.27. The molecule has 29 heavy (non-hydrogen) atoms. The number of nitrogens with zero attached hydrogens (tertiary/aromatic N) is 5. The number of aromatic nitrogens is 5. The molecular weight excluding hydrogens is 390 g/mol. The number of esters is 1. The second-order valence-electron chi connectivity index (χ2n) is 7.23. The third kappa shape index (κ3) is 3.77. The van der Waals surface area contributed by atoms with E-state index in [4.69, 9.17) is 14.2 Å². The molecular formula is C20H21N5O3S. The van der Waals surface area contributed by atoms with Gasteiger partial charge in [0.2, 0.25) is 0 Å². The van der Waals surface area contributed by atoms with Gasteiger partial charge in [0.1, 0.15) is 0 Å². The molecule has 0 fully saturated rings. The molecule has 0 N–H and O–H groups in total. The highest BCUT2D eigenvalue weighted by Crippen LogP contribution is 2.29. The second-order valence-corrected chi connectivity index (χ2v) is 8.18. The average Bonchev–Trinajstić information content (AvgIpc) is 3.45. The van der Waals surface area contributed by atoms with E-state index in [0.29, 0.717) is 28.1 Å². The first-order chi connectivity index (χ1) is 13.9.